The number of ketones is 1. The highest BCUT2D eigenvalue weighted by Crippen LogP contribution is 2.76. The SMILES string of the molecule is CCC1(C(=O)c2ccc(F)cc2)C(c2ccccc2)C1(C#N)C#N. The molecule has 0 spiro atoms. The topological polar surface area (TPSA) is 64.7 Å². The highest BCUT2D eigenvalue weighted by atomic mass is 19.1. The van der Waals surface area contributed by atoms with Gasteiger partial charge in [0.2, 0.25) is 0 Å². The van der Waals surface area contributed by atoms with Gasteiger partial charge >= 0.3 is 0 Å². The number of nitriles is 2. The fourth-order valence-corrected chi connectivity index (χ4v) is 3.88. The minimum absolute atomic E-state index is 0.276. The standard InChI is InChI=1S/C20H15FN2O/c1-2-20(18(24)15-8-10-16(21)11-9-15)17(19(20,12-22)13-23)14-6-4-3-5-7-14/h3-11,17H,2H2,1H3. The molecule has 24 heavy (non-hydrogen) atoms. The van der Waals surface area contributed by atoms with E-state index in [1.807, 2.05) is 37.3 Å². The maximum absolute atomic E-state index is 13.2. The summed E-state index contributed by atoms with van der Waals surface area (Å²) in [6, 6.07) is 18.6. The molecule has 0 amide bonds. The number of benzene rings is 2. The Morgan fingerprint density at radius 1 is 1.08 bits per heavy atom. The Morgan fingerprint density at radius 3 is 2.17 bits per heavy atom. The molecule has 2 aromatic rings. The molecule has 0 saturated heterocycles. The number of carbonyl (C=O) groups excluding carboxylic acids is 1. The lowest BCUT2D eigenvalue weighted by Crippen LogP contribution is -2.22. The van der Waals surface area contributed by atoms with Gasteiger partial charge in [0.1, 0.15) is 5.82 Å². The summed E-state index contributed by atoms with van der Waals surface area (Å²) >= 11 is 0. The molecule has 1 aliphatic rings. The van der Waals surface area contributed by atoms with Gasteiger partial charge in [-0.1, -0.05) is 37.3 Å². The van der Waals surface area contributed by atoms with Crippen LogP contribution in [0.4, 0.5) is 4.39 Å². The lowest BCUT2D eigenvalue weighted by Gasteiger charge is -2.15. The summed E-state index contributed by atoms with van der Waals surface area (Å²) in [6.45, 7) is 1.81. The maximum Gasteiger partial charge on any atom is 0.172 e. The zero-order valence-electron chi connectivity index (χ0n) is 13.2. The van der Waals surface area contributed by atoms with Crippen LogP contribution in [0.25, 0.3) is 0 Å². The van der Waals surface area contributed by atoms with Gasteiger partial charge in [0.25, 0.3) is 0 Å². The van der Waals surface area contributed by atoms with E-state index in [0.717, 1.165) is 5.56 Å². The smallest absolute Gasteiger partial charge is 0.172 e. The molecule has 2 aromatic carbocycles. The van der Waals surface area contributed by atoms with Crippen LogP contribution in [0.1, 0.15) is 35.2 Å². The molecular weight excluding hydrogens is 303 g/mol. The van der Waals surface area contributed by atoms with E-state index >= 15 is 0 Å². The second-order valence-corrected chi connectivity index (χ2v) is 6.04. The van der Waals surface area contributed by atoms with E-state index in [9.17, 15) is 19.7 Å². The molecule has 3 nitrogen and oxygen atoms in total. The molecule has 0 bridgehead atoms. The van der Waals surface area contributed by atoms with Crippen molar-refractivity contribution in [3.8, 4) is 12.1 Å². The summed E-state index contributed by atoms with van der Waals surface area (Å²) in [7, 11) is 0. The van der Waals surface area contributed by atoms with Gasteiger partial charge in [-0.05, 0) is 36.2 Å². The molecule has 2 atom stereocenters. The molecule has 0 radical (unpaired) electrons. The van der Waals surface area contributed by atoms with E-state index in [1.54, 1.807) is 0 Å². The summed E-state index contributed by atoms with van der Waals surface area (Å²) in [5.41, 5.74) is -1.37. The van der Waals surface area contributed by atoms with Crippen molar-refractivity contribution in [3.05, 3.63) is 71.5 Å². The Morgan fingerprint density at radius 2 is 1.67 bits per heavy atom. The maximum atomic E-state index is 13.2. The van der Waals surface area contributed by atoms with Gasteiger partial charge in [0.15, 0.2) is 11.2 Å². The van der Waals surface area contributed by atoms with Crippen LogP contribution in [0.5, 0.6) is 0 Å². The van der Waals surface area contributed by atoms with Crippen LogP contribution in [-0.2, 0) is 0 Å². The second-order valence-electron chi connectivity index (χ2n) is 6.04. The Labute approximate surface area is 140 Å². The van der Waals surface area contributed by atoms with Crippen LogP contribution in [0.3, 0.4) is 0 Å². The molecule has 0 aromatic heterocycles. The van der Waals surface area contributed by atoms with E-state index in [4.69, 9.17) is 0 Å². The van der Waals surface area contributed by atoms with Gasteiger partial charge in [-0.25, -0.2) is 4.39 Å². The van der Waals surface area contributed by atoms with Crippen molar-refractivity contribution in [2.75, 3.05) is 0 Å². The third kappa shape index (κ3) is 1.90. The van der Waals surface area contributed by atoms with E-state index in [1.165, 1.54) is 24.3 Å². The van der Waals surface area contributed by atoms with Crippen LogP contribution >= 0.6 is 0 Å². The molecule has 3 rings (SSSR count). The monoisotopic (exact) mass is 318 g/mol. The van der Waals surface area contributed by atoms with Gasteiger partial charge in [-0.15, -0.1) is 0 Å². The highest BCUT2D eigenvalue weighted by Gasteiger charge is 2.81. The minimum atomic E-state index is -1.39. The molecule has 118 valence electrons. The predicted molar refractivity (Wildman–Crippen MR) is 86.3 cm³/mol. The first-order chi connectivity index (χ1) is 11.6. The summed E-state index contributed by atoms with van der Waals surface area (Å²) in [4.78, 5) is 13.2. The van der Waals surface area contributed by atoms with Crippen molar-refractivity contribution in [2.45, 2.75) is 19.3 Å². The highest BCUT2D eigenvalue weighted by molar-refractivity contribution is 6.06. The fraction of sp³-hybridized carbons (Fsp3) is 0.250. The third-order valence-electron chi connectivity index (χ3n) is 5.10. The third-order valence-corrected chi connectivity index (χ3v) is 5.10. The van der Waals surface area contributed by atoms with Crippen LogP contribution < -0.4 is 0 Å². The average molecular weight is 318 g/mol. The van der Waals surface area contributed by atoms with Crippen molar-refractivity contribution >= 4 is 5.78 Å². The predicted octanol–water partition coefficient (Wildman–Crippen LogP) is 4.24. The van der Waals surface area contributed by atoms with Gasteiger partial charge in [-0.3, -0.25) is 4.79 Å². The Balaban J connectivity index is 2.14. The van der Waals surface area contributed by atoms with E-state index in [-0.39, 0.29) is 5.78 Å². The molecule has 0 aliphatic heterocycles. The number of hydrogen-bond acceptors (Lipinski definition) is 3. The molecule has 4 heteroatoms. The lowest BCUT2D eigenvalue weighted by molar-refractivity contribution is 0.0875. The Hall–Kier alpha value is -2.98. The molecule has 1 saturated carbocycles. The van der Waals surface area contributed by atoms with Crippen molar-refractivity contribution in [3.63, 3.8) is 0 Å². The Bertz CT molecular complexity index is 847. The zero-order valence-corrected chi connectivity index (χ0v) is 13.2. The lowest BCUT2D eigenvalue weighted by atomic mass is 9.84. The summed E-state index contributed by atoms with van der Waals surface area (Å²) in [5.74, 6) is -1.19. The fourth-order valence-electron chi connectivity index (χ4n) is 3.88. The zero-order chi connectivity index (χ0) is 17.4. The van der Waals surface area contributed by atoms with E-state index in [0.29, 0.717) is 12.0 Å². The molecule has 1 aliphatic carbocycles. The summed E-state index contributed by atoms with van der Waals surface area (Å²) < 4.78 is 13.2. The van der Waals surface area contributed by atoms with Crippen LogP contribution in [0, 0.1) is 39.3 Å². The summed E-state index contributed by atoms with van der Waals surface area (Å²) in [5, 5.41) is 19.4. The molecule has 2 unspecified atom stereocenters. The molecule has 0 heterocycles. The number of halogens is 1. The van der Waals surface area contributed by atoms with Crippen LogP contribution in [0.2, 0.25) is 0 Å². The quantitative estimate of drug-likeness (QED) is 0.792. The van der Waals surface area contributed by atoms with Crippen molar-refractivity contribution in [1.82, 2.24) is 0 Å². The van der Waals surface area contributed by atoms with Crippen molar-refractivity contribution < 1.29 is 9.18 Å². The minimum Gasteiger partial charge on any atom is -0.293 e. The average Bonchev–Trinajstić information content (AvgIpc) is 3.26. The Kier molecular flexibility index (Phi) is 3.70. The first-order valence-corrected chi connectivity index (χ1v) is 7.75. The number of Topliss-reactive ketones (excluding diaryl/α,β-unsaturated/α-hetero) is 1. The first kappa shape index (κ1) is 15.9. The number of hydrogen-bond donors (Lipinski definition) is 0. The normalized spacial score (nSPS) is 23.8. The largest absolute Gasteiger partial charge is 0.293 e. The van der Waals surface area contributed by atoms with Crippen LogP contribution in [-0.4, -0.2) is 5.78 Å². The summed E-state index contributed by atoms with van der Waals surface area (Å²) in [6.07, 6.45) is 0.365. The number of rotatable bonds is 4. The van der Waals surface area contributed by atoms with Gasteiger partial charge in [-0.2, -0.15) is 10.5 Å². The number of nitrogens with zero attached hydrogens (tertiary/aromatic N) is 2. The van der Waals surface area contributed by atoms with Crippen LogP contribution in [0.15, 0.2) is 54.6 Å². The second kappa shape index (κ2) is 5.58. The van der Waals surface area contributed by atoms with Crippen molar-refractivity contribution in [2.24, 2.45) is 10.8 Å². The first-order valence-electron chi connectivity index (χ1n) is 7.75. The van der Waals surface area contributed by atoms with Gasteiger partial charge < -0.3 is 0 Å². The number of carbonyl (C=O) groups is 1. The van der Waals surface area contributed by atoms with Gasteiger partial charge in [0.05, 0.1) is 17.6 Å². The van der Waals surface area contributed by atoms with E-state index in [2.05, 4.69) is 12.1 Å². The van der Waals surface area contributed by atoms with E-state index < -0.39 is 22.6 Å². The molecule has 1 fully saturated rings. The van der Waals surface area contributed by atoms with Crippen molar-refractivity contribution in [1.29, 1.82) is 10.5 Å². The molecular formula is C20H15FN2O. The van der Waals surface area contributed by atoms with Gasteiger partial charge in [0, 0.05) is 11.5 Å². The molecule has 0 N–H and O–H groups in total.